The monoisotopic (exact) mass is 357 g/mol. The molecule has 0 radical (unpaired) electrons. The molecular weight excluding hydrogens is 337 g/mol. The van der Waals surface area contributed by atoms with Gasteiger partial charge in [0.15, 0.2) is 6.61 Å². The molecule has 1 saturated carbocycles. The van der Waals surface area contributed by atoms with E-state index in [9.17, 15) is 14.3 Å². The molecule has 1 aliphatic carbocycles. The number of rotatable bonds is 4. The quantitative estimate of drug-likeness (QED) is 0.899. The van der Waals surface area contributed by atoms with Crippen LogP contribution in [0.2, 0.25) is 5.02 Å². The topological polar surface area (TPSA) is 59.0 Å². The molecule has 0 spiro atoms. The Labute approximate surface area is 145 Å². The summed E-state index contributed by atoms with van der Waals surface area (Å²) in [5.41, 5.74) is -0.367. The second-order valence-corrected chi connectivity index (χ2v) is 6.82. The molecule has 0 bridgehead atoms. The van der Waals surface area contributed by atoms with Crippen molar-refractivity contribution in [1.82, 2.24) is 4.90 Å². The molecule has 1 saturated heterocycles. The number of amides is 1. The Morgan fingerprint density at radius 3 is 3.00 bits per heavy atom. The van der Waals surface area contributed by atoms with Crippen molar-refractivity contribution in [2.45, 2.75) is 43.4 Å². The van der Waals surface area contributed by atoms with E-state index >= 15 is 0 Å². The van der Waals surface area contributed by atoms with E-state index in [1.807, 2.05) is 0 Å². The number of carbonyl (C=O) groups is 1. The number of aliphatic hydroxyl groups excluding tert-OH is 1. The molecule has 132 valence electrons. The first-order valence-electron chi connectivity index (χ1n) is 8.06. The number of hydrogen-bond acceptors (Lipinski definition) is 4. The van der Waals surface area contributed by atoms with Gasteiger partial charge in [-0.25, -0.2) is 4.39 Å². The molecule has 1 aliphatic heterocycles. The Hall–Kier alpha value is -1.37. The molecular formula is C17H21ClFNO4. The average Bonchev–Trinajstić information content (AvgIpc) is 2.95. The summed E-state index contributed by atoms with van der Waals surface area (Å²) in [6, 6.07) is 3.84. The van der Waals surface area contributed by atoms with Crippen molar-refractivity contribution in [2.75, 3.05) is 20.3 Å². The van der Waals surface area contributed by atoms with Crippen molar-refractivity contribution in [2.24, 2.45) is 0 Å². The summed E-state index contributed by atoms with van der Waals surface area (Å²) in [5.74, 6) is -0.361. The summed E-state index contributed by atoms with van der Waals surface area (Å²) < 4.78 is 24.3. The third kappa shape index (κ3) is 3.23. The number of fused-ring (bicyclic) bond motifs is 1. The number of aliphatic hydroxyl groups is 1. The van der Waals surface area contributed by atoms with Crippen LogP contribution in [0.5, 0.6) is 5.75 Å². The lowest BCUT2D eigenvalue weighted by Gasteiger charge is -2.42. The first kappa shape index (κ1) is 17.5. The van der Waals surface area contributed by atoms with E-state index in [0.29, 0.717) is 25.1 Å². The highest BCUT2D eigenvalue weighted by atomic mass is 35.5. The van der Waals surface area contributed by atoms with Gasteiger partial charge in [-0.15, -0.1) is 0 Å². The largest absolute Gasteiger partial charge is 0.484 e. The third-order valence-corrected chi connectivity index (χ3v) is 5.43. The lowest BCUT2D eigenvalue weighted by Crippen LogP contribution is -2.53. The van der Waals surface area contributed by atoms with Crippen LogP contribution < -0.4 is 4.74 Å². The van der Waals surface area contributed by atoms with Gasteiger partial charge in [-0.2, -0.15) is 0 Å². The first-order chi connectivity index (χ1) is 11.4. The van der Waals surface area contributed by atoms with Crippen molar-refractivity contribution in [1.29, 1.82) is 0 Å². The normalized spacial score (nSPS) is 29.4. The molecule has 1 heterocycles. The number of carbonyl (C=O) groups excluding carboxylic acids is 1. The van der Waals surface area contributed by atoms with Crippen LogP contribution in [0.15, 0.2) is 18.2 Å². The second-order valence-electron chi connectivity index (χ2n) is 6.41. The van der Waals surface area contributed by atoms with Crippen molar-refractivity contribution < 1.29 is 23.8 Å². The molecule has 2 fully saturated rings. The van der Waals surface area contributed by atoms with E-state index in [1.54, 1.807) is 12.0 Å². The van der Waals surface area contributed by atoms with Crippen LogP contribution in [0, 0.1) is 5.82 Å². The Kier molecular flexibility index (Phi) is 4.99. The van der Waals surface area contributed by atoms with Crippen LogP contribution in [0.1, 0.15) is 25.7 Å². The first-order valence-corrected chi connectivity index (χ1v) is 8.43. The average molecular weight is 358 g/mol. The summed E-state index contributed by atoms with van der Waals surface area (Å²) in [6.45, 7) is 0.423. The van der Waals surface area contributed by atoms with Crippen LogP contribution in [-0.4, -0.2) is 53.9 Å². The van der Waals surface area contributed by atoms with Crippen molar-refractivity contribution in [3.8, 4) is 5.75 Å². The zero-order chi connectivity index (χ0) is 17.3. The van der Waals surface area contributed by atoms with Crippen LogP contribution >= 0.6 is 11.6 Å². The van der Waals surface area contributed by atoms with E-state index in [-0.39, 0.29) is 29.2 Å². The molecule has 0 unspecified atom stereocenters. The Morgan fingerprint density at radius 2 is 2.29 bits per heavy atom. The van der Waals surface area contributed by atoms with Crippen LogP contribution in [0.3, 0.4) is 0 Å². The van der Waals surface area contributed by atoms with Gasteiger partial charge in [0.1, 0.15) is 11.6 Å². The molecule has 0 aromatic heterocycles. The van der Waals surface area contributed by atoms with Crippen molar-refractivity contribution in [3.05, 3.63) is 29.0 Å². The minimum Gasteiger partial charge on any atom is -0.484 e. The van der Waals surface area contributed by atoms with Gasteiger partial charge in [0.25, 0.3) is 5.91 Å². The molecule has 24 heavy (non-hydrogen) atoms. The Bertz CT molecular complexity index is 629. The molecule has 2 aliphatic rings. The van der Waals surface area contributed by atoms with E-state index in [0.717, 1.165) is 12.8 Å². The van der Waals surface area contributed by atoms with Gasteiger partial charge in [-0.1, -0.05) is 11.6 Å². The highest BCUT2D eigenvalue weighted by molar-refractivity contribution is 6.30. The highest BCUT2D eigenvalue weighted by Crippen LogP contribution is 2.42. The predicted molar refractivity (Wildman–Crippen MR) is 86.6 cm³/mol. The zero-order valence-electron chi connectivity index (χ0n) is 13.5. The predicted octanol–water partition coefficient (Wildman–Crippen LogP) is 2.39. The standard InChI is InChI=1S/C17H21ClFNO4/c1-23-17-5-4-11(21)8-15(17)20(7-6-17)16(22)10-24-12-2-3-14(19)13(18)9-12/h2-3,9,11,15,21H,4-8,10H2,1H3/t11-,15-,17+/m1/s1. The minimum absolute atomic E-state index is 0.0464. The van der Waals surface area contributed by atoms with Crippen LogP contribution in [0.25, 0.3) is 0 Å². The summed E-state index contributed by atoms with van der Waals surface area (Å²) in [4.78, 5) is 14.3. The summed E-state index contributed by atoms with van der Waals surface area (Å²) in [5, 5.41) is 9.91. The number of methoxy groups -OCH3 is 1. The van der Waals surface area contributed by atoms with Gasteiger partial charge in [0.05, 0.1) is 22.8 Å². The molecule has 1 aromatic rings. The van der Waals surface area contributed by atoms with Gasteiger partial charge >= 0.3 is 0 Å². The van der Waals surface area contributed by atoms with E-state index in [2.05, 4.69) is 0 Å². The highest BCUT2D eigenvalue weighted by Gasteiger charge is 2.52. The number of halogens is 2. The molecule has 7 heteroatoms. The zero-order valence-corrected chi connectivity index (χ0v) is 14.3. The van der Waals surface area contributed by atoms with Crippen molar-refractivity contribution in [3.63, 3.8) is 0 Å². The summed E-state index contributed by atoms with van der Waals surface area (Å²) in [6.07, 6.45) is 2.30. The van der Waals surface area contributed by atoms with Gasteiger partial charge in [0, 0.05) is 19.7 Å². The van der Waals surface area contributed by atoms with Crippen molar-refractivity contribution >= 4 is 17.5 Å². The van der Waals surface area contributed by atoms with Gasteiger partial charge in [0.2, 0.25) is 0 Å². The summed E-state index contributed by atoms with van der Waals surface area (Å²) in [7, 11) is 1.66. The van der Waals surface area contributed by atoms with Gasteiger partial charge < -0.3 is 19.5 Å². The number of nitrogens with zero attached hydrogens (tertiary/aromatic N) is 1. The Morgan fingerprint density at radius 1 is 1.50 bits per heavy atom. The fourth-order valence-electron chi connectivity index (χ4n) is 3.77. The second kappa shape index (κ2) is 6.86. The minimum atomic E-state index is -0.532. The number of likely N-dealkylation sites (tertiary alicyclic amines) is 1. The number of hydrogen-bond donors (Lipinski definition) is 1. The number of benzene rings is 1. The maximum absolute atomic E-state index is 13.1. The van der Waals surface area contributed by atoms with Gasteiger partial charge in [-0.3, -0.25) is 4.79 Å². The maximum atomic E-state index is 13.1. The molecule has 3 atom stereocenters. The lowest BCUT2D eigenvalue weighted by atomic mass is 9.79. The molecule has 3 rings (SSSR count). The fraction of sp³-hybridized carbons (Fsp3) is 0.588. The summed E-state index contributed by atoms with van der Waals surface area (Å²) >= 11 is 5.71. The molecule has 5 nitrogen and oxygen atoms in total. The molecule has 1 N–H and O–H groups in total. The van der Waals surface area contributed by atoms with Gasteiger partial charge in [-0.05, 0) is 37.8 Å². The van der Waals surface area contributed by atoms with E-state index in [1.165, 1.54) is 18.2 Å². The van der Waals surface area contributed by atoms with Crippen LogP contribution in [0.4, 0.5) is 4.39 Å². The van der Waals surface area contributed by atoms with E-state index < -0.39 is 11.9 Å². The lowest BCUT2D eigenvalue weighted by molar-refractivity contribution is -0.141. The maximum Gasteiger partial charge on any atom is 0.260 e. The third-order valence-electron chi connectivity index (χ3n) is 5.14. The molecule has 1 amide bonds. The Balaban J connectivity index is 1.65. The SMILES string of the molecule is CO[C@]12CC[C@@H](O)C[C@H]1N(C(=O)COc1ccc(F)c(Cl)c1)CC2. The number of ether oxygens (including phenoxy) is 2. The molecule has 1 aromatic carbocycles. The fourth-order valence-corrected chi connectivity index (χ4v) is 3.94. The van der Waals surface area contributed by atoms with Crippen LogP contribution in [-0.2, 0) is 9.53 Å². The van der Waals surface area contributed by atoms with E-state index in [4.69, 9.17) is 21.1 Å². The smallest absolute Gasteiger partial charge is 0.260 e.